The molecular formula is C19H25ClN4O2S. The summed E-state index contributed by atoms with van der Waals surface area (Å²) in [6, 6.07) is 14.5. The zero-order chi connectivity index (χ0) is 19.7. The topological polar surface area (TPSA) is 82.6 Å². The van der Waals surface area contributed by atoms with Crippen LogP contribution in [0.3, 0.4) is 0 Å². The smallest absolute Gasteiger partial charge is 0.240 e. The lowest BCUT2D eigenvalue weighted by molar-refractivity contribution is 0.588. The Hall–Kier alpha value is -2.09. The second-order valence-electron chi connectivity index (χ2n) is 5.82. The van der Waals surface area contributed by atoms with E-state index in [4.69, 9.17) is 11.6 Å². The molecule has 0 saturated carbocycles. The minimum Gasteiger partial charge on any atom is -0.357 e. The van der Waals surface area contributed by atoms with Gasteiger partial charge in [0.25, 0.3) is 0 Å². The van der Waals surface area contributed by atoms with Gasteiger partial charge < -0.3 is 10.6 Å². The highest BCUT2D eigenvalue weighted by atomic mass is 35.5. The Balaban J connectivity index is 2.01. The third-order valence-electron chi connectivity index (χ3n) is 3.89. The van der Waals surface area contributed by atoms with Crippen LogP contribution in [0.1, 0.15) is 18.1 Å². The summed E-state index contributed by atoms with van der Waals surface area (Å²) in [7, 11) is -2.07. The average molecular weight is 409 g/mol. The Bertz CT molecular complexity index is 885. The Kier molecular flexibility index (Phi) is 8.09. The van der Waals surface area contributed by atoms with Crippen LogP contribution in [0.5, 0.6) is 0 Å². The lowest BCUT2D eigenvalue weighted by atomic mass is 10.1. The maximum Gasteiger partial charge on any atom is 0.240 e. The van der Waals surface area contributed by atoms with E-state index in [1.54, 1.807) is 18.2 Å². The van der Waals surface area contributed by atoms with E-state index in [0.29, 0.717) is 19.0 Å². The molecule has 27 heavy (non-hydrogen) atoms. The molecule has 8 heteroatoms. The fourth-order valence-corrected chi connectivity index (χ4v) is 3.49. The average Bonchev–Trinajstić information content (AvgIpc) is 2.68. The van der Waals surface area contributed by atoms with Crippen molar-refractivity contribution in [1.29, 1.82) is 0 Å². The number of sulfonamides is 1. The summed E-state index contributed by atoms with van der Waals surface area (Å²) in [6.07, 6.45) is 0.778. The van der Waals surface area contributed by atoms with Crippen LogP contribution in [0.25, 0.3) is 0 Å². The number of rotatable bonds is 8. The van der Waals surface area contributed by atoms with Gasteiger partial charge in [-0.15, -0.1) is 0 Å². The highest BCUT2D eigenvalue weighted by Crippen LogP contribution is 2.15. The summed E-state index contributed by atoms with van der Waals surface area (Å²) in [5.41, 5.74) is 1.89. The summed E-state index contributed by atoms with van der Waals surface area (Å²) in [5, 5.41) is 7.21. The molecule has 0 fully saturated rings. The SMILES string of the molecule is CCNC(=NCc1cccc(S(=O)(=O)NC)c1)NCCc1ccccc1Cl. The number of guanidine groups is 1. The number of halogens is 1. The van der Waals surface area contributed by atoms with E-state index in [-0.39, 0.29) is 4.90 Å². The van der Waals surface area contributed by atoms with E-state index in [0.717, 1.165) is 29.1 Å². The maximum absolute atomic E-state index is 11.9. The van der Waals surface area contributed by atoms with Crippen molar-refractivity contribution in [2.45, 2.75) is 24.8 Å². The van der Waals surface area contributed by atoms with Gasteiger partial charge in [0.1, 0.15) is 0 Å². The molecule has 2 aromatic carbocycles. The van der Waals surface area contributed by atoms with Crippen LogP contribution in [-0.2, 0) is 23.0 Å². The first-order chi connectivity index (χ1) is 13.0. The molecule has 6 nitrogen and oxygen atoms in total. The fourth-order valence-electron chi connectivity index (χ4n) is 2.46. The molecule has 0 unspecified atom stereocenters. The van der Waals surface area contributed by atoms with E-state index in [2.05, 4.69) is 20.3 Å². The van der Waals surface area contributed by atoms with Crippen LogP contribution in [0.15, 0.2) is 58.4 Å². The normalized spacial score (nSPS) is 12.0. The van der Waals surface area contributed by atoms with Crippen LogP contribution in [0.2, 0.25) is 5.02 Å². The van der Waals surface area contributed by atoms with Crippen LogP contribution in [0, 0.1) is 0 Å². The van der Waals surface area contributed by atoms with Gasteiger partial charge in [0.2, 0.25) is 10.0 Å². The molecule has 0 atom stereocenters. The van der Waals surface area contributed by atoms with Crippen molar-refractivity contribution < 1.29 is 8.42 Å². The second-order valence-corrected chi connectivity index (χ2v) is 8.11. The molecule has 0 radical (unpaired) electrons. The number of benzene rings is 2. The van der Waals surface area contributed by atoms with Gasteiger partial charge in [0, 0.05) is 18.1 Å². The lowest BCUT2D eigenvalue weighted by Gasteiger charge is -2.12. The first-order valence-corrected chi connectivity index (χ1v) is 10.6. The zero-order valence-corrected chi connectivity index (χ0v) is 17.1. The van der Waals surface area contributed by atoms with Gasteiger partial charge in [-0.25, -0.2) is 18.1 Å². The molecule has 146 valence electrons. The van der Waals surface area contributed by atoms with Gasteiger partial charge in [0.15, 0.2) is 5.96 Å². The minimum absolute atomic E-state index is 0.231. The van der Waals surface area contributed by atoms with E-state index >= 15 is 0 Å². The molecule has 0 saturated heterocycles. The molecule has 0 spiro atoms. The van der Waals surface area contributed by atoms with Crippen LogP contribution < -0.4 is 15.4 Å². The van der Waals surface area contributed by atoms with Crippen LogP contribution in [-0.4, -0.2) is 34.5 Å². The number of hydrogen-bond acceptors (Lipinski definition) is 3. The van der Waals surface area contributed by atoms with Crippen LogP contribution in [0.4, 0.5) is 0 Å². The monoisotopic (exact) mass is 408 g/mol. The van der Waals surface area contributed by atoms with E-state index < -0.39 is 10.0 Å². The molecule has 2 rings (SSSR count). The first-order valence-electron chi connectivity index (χ1n) is 8.74. The molecule has 2 aromatic rings. The third kappa shape index (κ3) is 6.53. The Morgan fingerprint density at radius 1 is 1.11 bits per heavy atom. The summed E-state index contributed by atoms with van der Waals surface area (Å²) < 4.78 is 26.1. The zero-order valence-electron chi connectivity index (χ0n) is 15.5. The molecule has 0 aromatic heterocycles. The molecule has 3 N–H and O–H groups in total. The third-order valence-corrected chi connectivity index (χ3v) is 5.67. The lowest BCUT2D eigenvalue weighted by Crippen LogP contribution is -2.38. The summed E-state index contributed by atoms with van der Waals surface area (Å²) >= 11 is 6.18. The summed E-state index contributed by atoms with van der Waals surface area (Å²) in [6.45, 7) is 3.77. The quantitative estimate of drug-likeness (QED) is 0.463. The Labute approximate surface area is 166 Å². The van der Waals surface area contributed by atoms with Crippen molar-refractivity contribution in [3.8, 4) is 0 Å². The standard InChI is InChI=1S/C19H25ClN4O2S/c1-3-22-19(23-12-11-16-8-4-5-10-18(16)20)24-14-15-7-6-9-17(13-15)27(25,26)21-2/h4-10,13,21H,3,11-12,14H2,1-2H3,(H2,22,23,24). The Morgan fingerprint density at radius 2 is 1.89 bits per heavy atom. The fraction of sp³-hybridized carbons (Fsp3) is 0.316. The molecular weight excluding hydrogens is 384 g/mol. The number of nitrogens with one attached hydrogen (secondary N) is 3. The van der Waals surface area contributed by atoms with Crippen molar-refractivity contribution in [3.05, 3.63) is 64.7 Å². The predicted octanol–water partition coefficient (Wildman–Crippen LogP) is 2.55. The highest BCUT2D eigenvalue weighted by molar-refractivity contribution is 7.89. The van der Waals surface area contributed by atoms with Gasteiger partial charge >= 0.3 is 0 Å². The number of hydrogen-bond donors (Lipinski definition) is 3. The van der Waals surface area contributed by atoms with Gasteiger partial charge in [-0.3, -0.25) is 0 Å². The van der Waals surface area contributed by atoms with Crippen molar-refractivity contribution in [3.63, 3.8) is 0 Å². The van der Waals surface area contributed by atoms with Gasteiger partial charge in [-0.05, 0) is 49.7 Å². The molecule has 0 heterocycles. The van der Waals surface area contributed by atoms with Gasteiger partial charge in [0.05, 0.1) is 11.4 Å². The van der Waals surface area contributed by atoms with E-state index in [1.165, 1.54) is 7.05 Å². The molecule has 0 aliphatic carbocycles. The highest BCUT2D eigenvalue weighted by Gasteiger charge is 2.11. The first kappa shape index (κ1) is 21.2. The number of aliphatic imine (C=N–C) groups is 1. The van der Waals surface area contributed by atoms with Crippen molar-refractivity contribution in [1.82, 2.24) is 15.4 Å². The second kappa shape index (κ2) is 10.3. The van der Waals surface area contributed by atoms with Crippen molar-refractivity contribution in [2.75, 3.05) is 20.1 Å². The van der Waals surface area contributed by atoms with Gasteiger partial charge in [-0.1, -0.05) is 41.9 Å². The van der Waals surface area contributed by atoms with Crippen LogP contribution >= 0.6 is 11.6 Å². The van der Waals surface area contributed by atoms with E-state index in [1.807, 2.05) is 37.3 Å². The molecule has 0 amide bonds. The maximum atomic E-state index is 11.9. The minimum atomic E-state index is -3.46. The predicted molar refractivity (Wildman–Crippen MR) is 111 cm³/mol. The summed E-state index contributed by atoms with van der Waals surface area (Å²) in [4.78, 5) is 4.76. The Morgan fingerprint density at radius 3 is 2.59 bits per heavy atom. The largest absolute Gasteiger partial charge is 0.357 e. The van der Waals surface area contributed by atoms with Crippen molar-refractivity contribution in [2.24, 2.45) is 4.99 Å². The summed E-state index contributed by atoms with van der Waals surface area (Å²) in [5.74, 6) is 0.673. The molecule has 0 bridgehead atoms. The number of nitrogens with zero attached hydrogens (tertiary/aromatic N) is 1. The van der Waals surface area contributed by atoms with Gasteiger partial charge in [-0.2, -0.15) is 0 Å². The van der Waals surface area contributed by atoms with Crippen molar-refractivity contribution >= 4 is 27.6 Å². The van der Waals surface area contributed by atoms with E-state index in [9.17, 15) is 8.42 Å². The molecule has 0 aliphatic heterocycles. The molecule has 0 aliphatic rings.